The van der Waals surface area contributed by atoms with E-state index in [1.807, 2.05) is 6.07 Å². The summed E-state index contributed by atoms with van der Waals surface area (Å²) >= 11 is 7.17. The number of pyridine rings is 1. The Morgan fingerprint density at radius 2 is 2.19 bits per heavy atom. The standard InChI is InChI=1S/C11H10ClNO2S/c1-15-10-5-2-7(6-13-10)11(14)8-3-4-9(12)16-8/h2-6,11,14H,1H3. The van der Waals surface area contributed by atoms with Gasteiger partial charge in [-0.25, -0.2) is 4.98 Å². The summed E-state index contributed by atoms with van der Waals surface area (Å²) < 4.78 is 5.61. The van der Waals surface area contributed by atoms with Crippen molar-refractivity contribution in [2.75, 3.05) is 7.11 Å². The molecule has 0 aromatic carbocycles. The van der Waals surface area contributed by atoms with Gasteiger partial charge in [-0.15, -0.1) is 11.3 Å². The van der Waals surface area contributed by atoms with E-state index < -0.39 is 6.10 Å². The van der Waals surface area contributed by atoms with Crippen molar-refractivity contribution >= 4 is 22.9 Å². The molecule has 2 rings (SSSR count). The molecule has 0 aliphatic rings. The van der Waals surface area contributed by atoms with Crippen molar-refractivity contribution in [3.63, 3.8) is 0 Å². The molecule has 2 aromatic rings. The van der Waals surface area contributed by atoms with Crippen molar-refractivity contribution < 1.29 is 9.84 Å². The summed E-state index contributed by atoms with van der Waals surface area (Å²) in [6.07, 6.45) is 0.910. The number of hydrogen-bond acceptors (Lipinski definition) is 4. The fourth-order valence-corrected chi connectivity index (χ4v) is 2.39. The Morgan fingerprint density at radius 3 is 2.69 bits per heavy atom. The maximum atomic E-state index is 10.0. The molecule has 0 radical (unpaired) electrons. The molecule has 5 heteroatoms. The first-order valence-electron chi connectivity index (χ1n) is 4.64. The van der Waals surface area contributed by atoms with Crippen LogP contribution in [-0.2, 0) is 0 Å². The summed E-state index contributed by atoms with van der Waals surface area (Å²) in [5.74, 6) is 0.528. The molecule has 0 aliphatic carbocycles. The Balaban J connectivity index is 2.23. The number of hydrogen-bond donors (Lipinski definition) is 1. The highest BCUT2D eigenvalue weighted by molar-refractivity contribution is 7.16. The van der Waals surface area contributed by atoms with Crippen molar-refractivity contribution in [3.05, 3.63) is 45.2 Å². The lowest BCUT2D eigenvalue weighted by atomic mass is 10.1. The molecule has 3 nitrogen and oxygen atoms in total. The Hall–Kier alpha value is -1.10. The molecule has 1 N–H and O–H groups in total. The summed E-state index contributed by atoms with van der Waals surface area (Å²) in [6.45, 7) is 0. The van der Waals surface area contributed by atoms with Crippen LogP contribution in [0, 0.1) is 0 Å². The number of aliphatic hydroxyl groups is 1. The molecule has 0 saturated heterocycles. The van der Waals surface area contributed by atoms with Crippen LogP contribution in [0.25, 0.3) is 0 Å². The Bertz CT molecular complexity index is 469. The van der Waals surface area contributed by atoms with Gasteiger partial charge in [0.1, 0.15) is 6.10 Å². The minimum absolute atomic E-state index is 0.528. The second-order valence-electron chi connectivity index (χ2n) is 3.18. The van der Waals surface area contributed by atoms with Crippen LogP contribution in [0.3, 0.4) is 0 Å². The minimum atomic E-state index is -0.684. The fraction of sp³-hybridized carbons (Fsp3) is 0.182. The van der Waals surface area contributed by atoms with Crippen LogP contribution >= 0.6 is 22.9 Å². The predicted octanol–water partition coefficient (Wildman–Crippen LogP) is 2.89. The van der Waals surface area contributed by atoms with Gasteiger partial charge in [-0.05, 0) is 18.2 Å². The second-order valence-corrected chi connectivity index (χ2v) is 4.92. The molecule has 2 heterocycles. The van der Waals surface area contributed by atoms with E-state index in [1.165, 1.54) is 11.3 Å². The van der Waals surface area contributed by atoms with Gasteiger partial charge in [-0.3, -0.25) is 0 Å². The zero-order valence-electron chi connectivity index (χ0n) is 8.55. The zero-order chi connectivity index (χ0) is 11.5. The fourth-order valence-electron chi connectivity index (χ4n) is 1.31. The van der Waals surface area contributed by atoms with Crippen LogP contribution in [0.15, 0.2) is 30.5 Å². The van der Waals surface area contributed by atoms with Crippen molar-refractivity contribution in [2.24, 2.45) is 0 Å². The van der Waals surface area contributed by atoms with Gasteiger partial charge in [0.2, 0.25) is 5.88 Å². The maximum Gasteiger partial charge on any atom is 0.212 e. The van der Waals surface area contributed by atoms with E-state index >= 15 is 0 Å². The van der Waals surface area contributed by atoms with Crippen LogP contribution < -0.4 is 4.74 Å². The quantitative estimate of drug-likeness (QED) is 0.917. The molecule has 84 valence electrons. The Kier molecular flexibility index (Phi) is 3.43. The third kappa shape index (κ3) is 2.35. The van der Waals surface area contributed by atoms with E-state index in [0.29, 0.717) is 10.2 Å². The molecular formula is C11H10ClNO2S. The summed E-state index contributed by atoms with van der Waals surface area (Å²) in [5, 5.41) is 10.0. The predicted molar refractivity (Wildman–Crippen MR) is 64.2 cm³/mol. The normalized spacial score (nSPS) is 12.4. The summed E-state index contributed by atoms with van der Waals surface area (Å²) in [5.41, 5.74) is 0.722. The van der Waals surface area contributed by atoms with Gasteiger partial charge in [0.05, 0.1) is 11.4 Å². The lowest BCUT2D eigenvalue weighted by molar-refractivity contribution is 0.223. The highest BCUT2D eigenvalue weighted by Gasteiger charge is 2.13. The molecule has 0 aliphatic heterocycles. The minimum Gasteiger partial charge on any atom is -0.481 e. The average molecular weight is 256 g/mol. The summed E-state index contributed by atoms with van der Waals surface area (Å²) in [7, 11) is 1.55. The van der Waals surface area contributed by atoms with E-state index in [-0.39, 0.29) is 0 Å². The molecule has 1 atom stereocenters. The lowest BCUT2D eigenvalue weighted by Gasteiger charge is -2.08. The molecule has 2 aromatic heterocycles. The van der Waals surface area contributed by atoms with E-state index in [2.05, 4.69) is 4.98 Å². The first-order chi connectivity index (χ1) is 7.70. The smallest absolute Gasteiger partial charge is 0.212 e. The van der Waals surface area contributed by atoms with E-state index in [4.69, 9.17) is 16.3 Å². The lowest BCUT2D eigenvalue weighted by Crippen LogP contribution is -1.98. The average Bonchev–Trinajstić information content (AvgIpc) is 2.75. The first kappa shape index (κ1) is 11.4. The summed E-state index contributed by atoms with van der Waals surface area (Å²) in [6, 6.07) is 7.07. The first-order valence-corrected chi connectivity index (χ1v) is 5.83. The van der Waals surface area contributed by atoms with Gasteiger partial charge < -0.3 is 9.84 Å². The number of aromatic nitrogens is 1. The monoisotopic (exact) mass is 255 g/mol. The molecular weight excluding hydrogens is 246 g/mol. The number of thiophene rings is 1. The van der Waals surface area contributed by atoms with Crippen molar-refractivity contribution in [1.82, 2.24) is 4.98 Å². The third-order valence-corrected chi connectivity index (χ3v) is 3.43. The highest BCUT2D eigenvalue weighted by Crippen LogP contribution is 2.30. The van der Waals surface area contributed by atoms with Gasteiger partial charge in [0, 0.05) is 22.7 Å². The van der Waals surface area contributed by atoms with Crippen LogP contribution in [-0.4, -0.2) is 17.2 Å². The van der Waals surface area contributed by atoms with E-state index in [0.717, 1.165) is 10.4 Å². The van der Waals surface area contributed by atoms with E-state index in [9.17, 15) is 5.11 Å². The molecule has 0 fully saturated rings. The van der Waals surface area contributed by atoms with Gasteiger partial charge in [0.15, 0.2) is 0 Å². The van der Waals surface area contributed by atoms with Crippen LogP contribution in [0.4, 0.5) is 0 Å². The van der Waals surface area contributed by atoms with Gasteiger partial charge in [-0.2, -0.15) is 0 Å². The van der Waals surface area contributed by atoms with Crippen molar-refractivity contribution in [1.29, 1.82) is 0 Å². The number of methoxy groups -OCH3 is 1. The Morgan fingerprint density at radius 1 is 1.38 bits per heavy atom. The molecule has 0 spiro atoms. The topological polar surface area (TPSA) is 42.4 Å². The van der Waals surface area contributed by atoms with Gasteiger partial charge in [0.25, 0.3) is 0 Å². The largest absolute Gasteiger partial charge is 0.481 e. The Labute approximate surface area is 102 Å². The van der Waals surface area contributed by atoms with Gasteiger partial charge >= 0.3 is 0 Å². The molecule has 0 saturated carbocycles. The number of ether oxygens (including phenoxy) is 1. The number of rotatable bonds is 3. The van der Waals surface area contributed by atoms with Crippen LogP contribution in [0.5, 0.6) is 5.88 Å². The third-order valence-electron chi connectivity index (χ3n) is 2.15. The van der Waals surface area contributed by atoms with E-state index in [1.54, 1.807) is 31.5 Å². The number of halogens is 1. The number of aliphatic hydroxyl groups excluding tert-OH is 1. The molecule has 0 bridgehead atoms. The SMILES string of the molecule is COc1ccc(C(O)c2ccc(Cl)s2)cn1. The van der Waals surface area contributed by atoms with Crippen molar-refractivity contribution in [3.8, 4) is 5.88 Å². The zero-order valence-corrected chi connectivity index (χ0v) is 10.1. The van der Waals surface area contributed by atoms with Crippen LogP contribution in [0.2, 0.25) is 4.34 Å². The number of nitrogens with zero attached hydrogens (tertiary/aromatic N) is 1. The highest BCUT2D eigenvalue weighted by atomic mass is 35.5. The van der Waals surface area contributed by atoms with Crippen LogP contribution in [0.1, 0.15) is 16.5 Å². The van der Waals surface area contributed by atoms with Crippen molar-refractivity contribution in [2.45, 2.75) is 6.10 Å². The second kappa shape index (κ2) is 4.82. The van der Waals surface area contributed by atoms with Gasteiger partial charge in [-0.1, -0.05) is 11.6 Å². The maximum absolute atomic E-state index is 10.0. The summed E-state index contributed by atoms with van der Waals surface area (Å²) in [4.78, 5) is 4.84. The molecule has 1 unspecified atom stereocenters. The molecule has 16 heavy (non-hydrogen) atoms. The molecule has 0 amide bonds.